The van der Waals surface area contributed by atoms with Crippen molar-refractivity contribution in [3.63, 3.8) is 0 Å². The Morgan fingerprint density at radius 1 is 1.37 bits per heavy atom. The third kappa shape index (κ3) is 2.81. The van der Waals surface area contributed by atoms with Crippen LogP contribution in [0.4, 0.5) is 0 Å². The van der Waals surface area contributed by atoms with Gasteiger partial charge in [0.1, 0.15) is 11.6 Å². The van der Waals surface area contributed by atoms with Crippen molar-refractivity contribution in [2.24, 2.45) is 5.14 Å². The molecule has 0 aliphatic heterocycles. The second kappa shape index (κ2) is 4.84. The Morgan fingerprint density at radius 3 is 2.53 bits per heavy atom. The van der Waals surface area contributed by atoms with Gasteiger partial charge in [0.15, 0.2) is 5.03 Å². The van der Waals surface area contributed by atoms with E-state index < -0.39 is 10.0 Å². The maximum atomic E-state index is 11.5. The van der Waals surface area contributed by atoms with E-state index in [9.17, 15) is 8.42 Å². The van der Waals surface area contributed by atoms with Crippen molar-refractivity contribution in [3.05, 3.63) is 47.2 Å². The Kier molecular flexibility index (Phi) is 3.38. The highest BCUT2D eigenvalue weighted by molar-refractivity contribution is 7.89. The van der Waals surface area contributed by atoms with E-state index in [2.05, 4.69) is 5.10 Å². The third-order valence-electron chi connectivity index (χ3n) is 2.63. The van der Waals surface area contributed by atoms with Crippen LogP contribution in [-0.2, 0) is 16.6 Å². The number of aryl methyl sites for hydroxylation is 1. The van der Waals surface area contributed by atoms with Gasteiger partial charge in [-0.25, -0.2) is 18.2 Å². The number of hydrogen-bond acceptors (Lipinski definition) is 4. The minimum absolute atomic E-state index is 0.0467. The Bertz CT molecular complexity index is 739. The highest BCUT2D eigenvalue weighted by Gasteiger charge is 2.21. The summed E-state index contributed by atoms with van der Waals surface area (Å²) in [5.74, 6) is 0. The molecule has 6 nitrogen and oxygen atoms in total. The van der Waals surface area contributed by atoms with E-state index in [1.54, 1.807) is 6.07 Å². The van der Waals surface area contributed by atoms with Crippen LogP contribution < -0.4 is 5.14 Å². The summed E-state index contributed by atoms with van der Waals surface area (Å²) < 4.78 is 24.2. The monoisotopic (exact) mass is 276 g/mol. The highest BCUT2D eigenvalue weighted by Crippen LogP contribution is 2.15. The fourth-order valence-electron chi connectivity index (χ4n) is 1.73. The number of sulfonamides is 1. The van der Waals surface area contributed by atoms with Gasteiger partial charge in [0.05, 0.1) is 12.7 Å². The molecule has 0 aliphatic rings. The molecular formula is C12H12N4O2S. The number of benzene rings is 1. The van der Waals surface area contributed by atoms with Crippen molar-refractivity contribution >= 4 is 10.0 Å². The molecule has 7 heteroatoms. The molecule has 1 aromatic carbocycles. The van der Waals surface area contributed by atoms with E-state index in [-0.39, 0.29) is 17.1 Å². The molecule has 0 aliphatic carbocycles. The minimum Gasteiger partial charge on any atom is -0.247 e. The number of nitriles is 1. The molecule has 0 amide bonds. The predicted octanol–water partition coefficient (Wildman–Crippen LogP) is 0.759. The van der Waals surface area contributed by atoms with Gasteiger partial charge in [-0.1, -0.05) is 29.8 Å². The molecule has 0 atom stereocenters. The molecular weight excluding hydrogens is 264 g/mol. The van der Waals surface area contributed by atoms with E-state index in [0.717, 1.165) is 11.1 Å². The predicted molar refractivity (Wildman–Crippen MR) is 68.6 cm³/mol. The first-order chi connectivity index (χ1) is 8.91. The molecule has 1 aromatic heterocycles. The topological polar surface area (TPSA) is 102 Å². The van der Waals surface area contributed by atoms with Gasteiger partial charge in [-0.15, -0.1) is 0 Å². The average molecular weight is 276 g/mol. The van der Waals surface area contributed by atoms with E-state index in [1.807, 2.05) is 31.2 Å². The molecule has 98 valence electrons. The Balaban J connectivity index is 2.45. The largest absolute Gasteiger partial charge is 0.256 e. The van der Waals surface area contributed by atoms with Crippen molar-refractivity contribution < 1.29 is 8.42 Å². The van der Waals surface area contributed by atoms with Crippen LogP contribution in [0.5, 0.6) is 0 Å². The lowest BCUT2D eigenvalue weighted by atomic mass is 10.1. The Hall–Kier alpha value is -2.17. The summed E-state index contributed by atoms with van der Waals surface area (Å²) in [4.78, 5) is 0. The zero-order chi connectivity index (χ0) is 14.0. The summed E-state index contributed by atoms with van der Waals surface area (Å²) in [5.41, 5.74) is 1.94. The molecule has 2 rings (SSSR count). The van der Waals surface area contributed by atoms with Crippen molar-refractivity contribution in [3.8, 4) is 6.07 Å². The molecule has 0 saturated carbocycles. The number of primary sulfonamides is 1. The first-order valence-electron chi connectivity index (χ1n) is 5.46. The molecule has 2 N–H and O–H groups in total. The second-order valence-corrected chi connectivity index (χ2v) is 5.64. The van der Waals surface area contributed by atoms with Crippen molar-refractivity contribution in [1.29, 1.82) is 5.26 Å². The summed E-state index contributed by atoms with van der Waals surface area (Å²) in [7, 11) is -3.98. The summed E-state index contributed by atoms with van der Waals surface area (Å²) >= 11 is 0. The molecule has 2 aromatic rings. The third-order valence-corrected chi connectivity index (χ3v) is 3.60. The Labute approximate surface area is 111 Å². The molecule has 0 fully saturated rings. The van der Waals surface area contributed by atoms with Crippen LogP contribution in [0.1, 0.15) is 16.7 Å². The van der Waals surface area contributed by atoms with Gasteiger partial charge in [-0.05, 0) is 12.5 Å². The highest BCUT2D eigenvalue weighted by atomic mass is 32.2. The number of nitrogens with zero attached hydrogens (tertiary/aromatic N) is 3. The fourth-order valence-corrected chi connectivity index (χ4v) is 2.54. The van der Waals surface area contributed by atoms with Crippen molar-refractivity contribution in [2.45, 2.75) is 18.5 Å². The fraction of sp³-hybridized carbons (Fsp3) is 0.167. The van der Waals surface area contributed by atoms with Crippen LogP contribution in [0.15, 0.2) is 35.5 Å². The quantitative estimate of drug-likeness (QED) is 0.893. The zero-order valence-corrected chi connectivity index (χ0v) is 11.1. The number of nitrogens with two attached hydrogens (primary N) is 1. The zero-order valence-electron chi connectivity index (χ0n) is 10.2. The van der Waals surface area contributed by atoms with Gasteiger partial charge in [0, 0.05) is 0 Å². The lowest BCUT2D eigenvalue weighted by Gasteiger charge is -2.06. The molecule has 19 heavy (non-hydrogen) atoms. The summed E-state index contributed by atoms with van der Waals surface area (Å²) in [6.45, 7) is 2.20. The summed E-state index contributed by atoms with van der Waals surface area (Å²) in [6.07, 6.45) is 1.20. The maximum absolute atomic E-state index is 11.5. The second-order valence-electron chi connectivity index (χ2n) is 4.16. The van der Waals surface area contributed by atoms with Crippen LogP contribution in [-0.4, -0.2) is 18.2 Å². The van der Waals surface area contributed by atoms with Crippen LogP contribution in [0.2, 0.25) is 0 Å². The van der Waals surface area contributed by atoms with E-state index >= 15 is 0 Å². The smallest absolute Gasteiger partial charge is 0.247 e. The number of aromatic nitrogens is 2. The maximum Gasteiger partial charge on any atom is 0.256 e. The van der Waals surface area contributed by atoms with Gasteiger partial charge in [0.2, 0.25) is 0 Å². The van der Waals surface area contributed by atoms with E-state index in [4.69, 9.17) is 10.4 Å². The lowest BCUT2D eigenvalue weighted by molar-refractivity contribution is 0.563. The number of hydrogen-bond donors (Lipinski definition) is 1. The summed E-state index contributed by atoms with van der Waals surface area (Å²) in [6, 6.07) is 9.35. The molecule has 0 unspecified atom stereocenters. The first-order valence-corrected chi connectivity index (χ1v) is 7.00. The average Bonchev–Trinajstić information content (AvgIpc) is 2.75. The van der Waals surface area contributed by atoms with Crippen LogP contribution in [0, 0.1) is 18.3 Å². The standard InChI is InChI=1S/C12H12N4O2S/c1-9-2-4-10(5-3-9)8-16-12(19(14,17)18)11(6-13)7-15-16/h2-5,7H,8H2,1H3,(H2,14,17,18). The normalized spacial score (nSPS) is 11.2. The van der Waals surface area contributed by atoms with Gasteiger partial charge >= 0.3 is 0 Å². The summed E-state index contributed by atoms with van der Waals surface area (Å²) in [5, 5.41) is 17.6. The van der Waals surface area contributed by atoms with Crippen LogP contribution in [0.25, 0.3) is 0 Å². The molecule has 0 spiro atoms. The van der Waals surface area contributed by atoms with Gasteiger partial charge < -0.3 is 0 Å². The van der Waals surface area contributed by atoms with E-state index in [1.165, 1.54) is 10.9 Å². The molecule has 0 bridgehead atoms. The van der Waals surface area contributed by atoms with Gasteiger partial charge in [-0.2, -0.15) is 10.4 Å². The SMILES string of the molecule is Cc1ccc(Cn2ncc(C#N)c2S(N)(=O)=O)cc1. The van der Waals surface area contributed by atoms with Gasteiger partial charge in [0.25, 0.3) is 10.0 Å². The first kappa shape index (κ1) is 13.3. The number of rotatable bonds is 3. The van der Waals surface area contributed by atoms with Crippen molar-refractivity contribution in [1.82, 2.24) is 9.78 Å². The Morgan fingerprint density at radius 2 is 2.00 bits per heavy atom. The van der Waals surface area contributed by atoms with Crippen LogP contribution >= 0.6 is 0 Å². The molecule has 0 radical (unpaired) electrons. The molecule has 0 saturated heterocycles. The molecule has 1 heterocycles. The van der Waals surface area contributed by atoms with Gasteiger partial charge in [-0.3, -0.25) is 0 Å². The van der Waals surface area contributed by atoms with E-state index in [0.29, 0.717) is 0 Å². The van der Waals surface area contributed by atoms with Crippen LogP contribution in [0.3, 0.4) is 0 Å². The lowest BCUT2D eigenvalue weighted by Crippen LogP contribution is -2.19. The van der Waals surface area contributed by atoms with Crippen molar-refractivity contribution in [2.75, 3.05) is 0 Å². The minimum atomic E-state index is -3.98.